The van der Waals surface area contributed by atoms with Gasteiger partial charge in [0.2, 0.25) is 5.91 Å². The molecule has 156 valence electrons. The van der Waals surface area contributed by atoms with Gasteiger partial charge in [0.25, 0.3) is 0 Å². The number of aromatic nitrogens is 4. The maximum atomic E-state index is 12.5. The first kappa shape index (κ1) is 21.7. The van der Waals surface area contributed by atoms with Crippen molar-refractivity contribution in [2.75, 3.05) is 17.7 Å². The van der Waals surface area contributed by atoms with Crippen molar-refractivity contribution >= 4 is 45.8 Å². The SMILES string of the molecule is CCOC(=O)c1c(NC(=O)CSc2nc(-c3cccnc3)n[nH]2)sc(C(C)=O)c1C. The van der Waals surface area contributed by atoms with E-state index >= 15 is 0 Å². The van der Waals surface area contributed by atoms with E-state index in [0.29, 0.717) is 26.4 Å². The van der Waals surface area contributed by atoms with E-state index in [0.717, 1.165) is 28.7 Å². The molecular formula is C19H19N5O4S2. The Morgan fingerprint density at radius 3 is 2.80 bits per heavy atom. The number of thioether (sulfide) groups is 1. The molecule has 9 nitrogen and oxygen atoms in total. The highest BCUT2D eigenvalue weighted by molar-refractivity contribution is 7.99. The summed E-state index contributed by atoms with van der Waals surface area (Å²) in [7, 11) is 0. The van der Waals surface area contributed by atoms with Gasteiger partial charge in [-0.25, -0.2) is 9.78 Å². The van der Waals surface area contributed by atoms with Gasteiger partial charge < -0.3 is 10.1 Å². The van der Waals surface area contributed by atoms with Crippen LogP contribution in [-0.4, -0.2) is 50.2 Å². The van der Waals surface area contributed by atoms with E-state index in [1.54, 1.807) is 32.3 Å². The molecule has 3 heterocycles. The van der Waals surface area contributed by atoms with Gasteiger partial charge in [0.1, 0.15) is 5.00 Å². The molecule has 1 amide bonds. The molecule has 30 heavy (non-hydrogen) atoms. The second-order valence-electron chi connectivity index (χ2n) is 6.08. The number of nitrogens with one attached hydrogen (secondary N) is 2. The standard InChI is InChI=1S/C19H19N5O4S2/c1-4-28-18(27)14-10(2)15(11(3)25)30-17(14)21-13(26)9-29-19-22-16(23-24-19)12-6-5-7-20-8-12/h5-8H,4,9H2,1-3H3,(H,21,26)(H,22,23,24). The summed E-state index contributed by atoms with van der Waals surface area (Å²) >= 11 is 2.23. The number of thiophene rings is 1. The molecule has 0 fully saturated rings. The highest BCUT2D eigenvalue weighted by Gasteiger charge is 2.25. The lowest BCUT2D eigenvalue weighted by atomic mass is 10.1. The molecule has 0 spiro atoms. The molecule has 3 aromatic heterocycles. The van der Waals surface area contributed by atoms with Crippen LogP contribution in [0.15, 0.2) is 29.7 Å². The number of ketones is 1. The van der Waals surface area contributed by atoms with Crippen molar-refractivity contribution in [1.29, 1.82) is 0 Å². The number of esters is 1. The molecular weight excluding hydrogens is 426 g/mol. The second-order valence-corrected chi connectivity index (χ2v) is 8.06. The molecule has 0 unspecified atom stereocenters. The fourth-order valence-corrected chi connectivity index (χ4v) is 4.33. The molecule has 0 bridgehead atoms. The van der Waals surface area contributed by atoms with E-state index in [4.69, 9.17) is 4.74 Å². The molecule has 0 aliphatic heterocycles. The average Bonchev–Trinajstić information content (AvgIpc) is 3.32. The number of Topliss-reactive ketones (excluding diaryl/α,β-unsaturated/α-hetero) is 1. The van der Waals surface area contributed by atoms with Crippen molar-refractivity contribution in [2.24, 2.45) is 0 Å². The summed E-state index contributed by atoms with van der Waals surface area (Å²) in [6.07, 6.45) is 3.30. The van der Waals surface area contributed by atoms with Crippen LogP contribution in [0.1, 0.15) is 39.4 Å². The summed E-state index contributed by atoms with van der Waals surface area (Å²) < 4.78 is 5.07. The average molecular weight is 446 g/mol. The largest absolute Gasteiger partial charge is 0.462 e. The Morgan fingerprint density at radius 2 is 2.13 bits per heavy atom. The minimum absolute atomic E-state index is 0.0380. The number of anilines is 1. The van der Waals surface area contributed by atoms with Crippen molar-refractivity contribution in [3.05, 3.63) is 40.5 Å². The van der Waals surface area contributed by atoms with Gasteiger partial charge in [-0.3, -0.25) is 19.7 Å². The normalized spacial score (nSPS) is 10.6. The predicted molar refractivity (Wildman–Crippen MR) is 114 cm³/mol. The molecule has 3 rings (SSSR count). The van der Waals surface area contributed by atoms with Crippen LogP contribution in [0.3, 0.4) is 0 Å². The van der Waals surface area contributed by atoms with Crippen molar-refractivity contribution < 1.29 is 19.1 Å². The van der Waals surface area contributed by atoms with Gasteiger partial charge in [-0.05, 0) is 38.5 Å². The smallest absolute Gasteiger partial charge is 0.341 e. The van der Waals surface area contributed by atoms with Crippen molar-refractivity contribution in [3.63, 3.8) is 0 Å². The van der Waals surface area contributed by atoms with E-state index in [1.807, 2.05) is 6.07 Å². The fraction of sp³-hybridized carbons (Fsp3) is 0.263. The van der Waals surface area contributed by atoms with Crippen molar-refractivity contribution in [2.45, 2.75) is 25.9 Å². The van der Waals surface area contributed by atoms with Gasteiger partial charge in [-0.15, -0.1) is 11.3 Å². The molecule has 0 aromatic carbocycles. The number of nitrogens with zero attached hydrogens (tertiary/aromatic N) is 3. The number of ether oxygens (including phenoxy) is 1. The van der Waals surface area contributed by atoms with Crippen molar-refractivity contribution in [1.82, 2.24) is 20.2 Å². The first-order chi connectivity index (χ1) is 14.4. The molecule has 0 radical (unpaired) electrons. The molecule has 11 heteroatoms. The Balaban J connectivity index is 1.69. The van der Waals surface area contributed by atoms with E-state index < -0.39 is 5.97 Å². The number of carbonyl (C=O) groups is 3. The van der Waals surface area contributed by atoms with Gasteiger partial charge in [0.15, 0.2) is 16.8 Å². The van der Waals surface area contributed by atoms with Gasteiger partial charge in [0.05, 0.1) is 22.8 Å². The maximum Gasteiger partial charge on any atom is 0.341 e. The lowest BCUT2D eigenvalue weighted by Gasteiger charge is -2.06. The highest BCUT2D eigenvalue weighted by atomic mass is 32.2. The molecule has 0 aliphatic carbocycles. The van der Waals surface area contributed by atoms with Crippen molar-refractivity contribution in [3.8, 4) is 11.4 Å². The minimum atomic E-state index is -0.571. The molecule has 0 saturated carbocycles. The van der Waals surface area contributed by atoms with Crippen LogP contribution in [-0.2, 0) is 9.53 Å². The zero-order valence-corrected chi connectivity index (χ0v) is 18.1. The van der Waals surface area contributed by atoms with E-state index in [-0.39, 0.29) is 29.6 Å². The third kappa shape index (κ3) is 4.92. The lowest BCUT2D eigenvalue weighted by Crippen LogP contribution is -2.16. The van der Waals surface area contributed by atoms with Crippen LogP contribution < -0.4 is 5.32 Å². The number of aromatic amines is 1. The van der Waals surface area contributed by atoms with Crippen LogP contribution in [0.5, 0.6) is 0 Å². The summed E-state index contributed by atoms with van der Waals surface area (Å²) in [4.78, 5) is 45.4. The van der Waals surface area contributed by atoms with Gasteiger partial charge in [-0.1, -0.05) is 11.8 Å². The number of hydrogen-bond donors (Lipinski definition) is 2. The summed E-state index contributed by atoms with van der Waals surface area (Å²) in [5.74, 6) is -0.576. The second kappa shape index (κ2) is 9.63. The highest BCUT2D eigenvalue weighted by Crippen LogP contribution is 2.34. The van der Waals surface area contributed by atoms with Crippen LogP contribution >= 0.6 is 23.1 Å². The van der Waals surface area contributed by atoms with E-state index in [2.05, 4.69) is 25.5 Å². The zero-order valence-electron chi connectivity index (χ0n) is 16.5. The monoisotopic (exact) mass is 445 g/mol. The molecule has 2 N–H and O–H groups in total. The predicted octanol–water partition coefficient (Wildman–Crippen LogP) is 3.35. The van der Waals surface area contributed by atoms with E-state index in [1.165, 1.54) is 6.92 Å². The molecule has 0 atom stereocenters. The van der Waals surface area contributed by atoms with Crippen LogP contribution in [0.25, 0.3) is 11.4 Å². The lowest BCUT2D eigenvalue weighted by molar-refractivity contribution is -0.113. The summed E-state index contributed by atoms with van der Waals surface area (Å²) in [6, 6.07) is 3.62. The minimum Gasteiger partial charge on any atom is -0.462 e. The van der Waals surface area contributed by atoms with Crippen LogP contribution in [0, 0.1) is 6.92 Å². The third-order valence-electron chi connectivity index (χ3n) is 3.92. The Hall–Kier alpha value is -3.05. The Bertz CT molecular complexity index is 1080. The number of carbonyl (C=O) groups excluding carboxylic acids is 3. The number of rotatable bonds is 8. The number of hydrogen-bond acceptors (Lipinski definition) is 9. The Kier molecular flexibility index (Phi) is 6.95. The number of amides is 1. The van der Waals surface area contributed by atoms with E-state index in [9.17, 15) is 14.4 Å². The number of H-pyrrole nitrogens is 1. The summed E-state index contributed by atoms with van der Waals surface area (Å²) in [5.41, 5.74) is 1.48. The molecule has 0 aliphatic rings. The van der Waals surface area contributed by atoms with Crippen LogP contribution in [0.2, 0.25) is 0 Å². The first-order valence-corrected chi connectivity index (χ1v) is 10.8. The topological polar surface area (TPSA) is 127 Å². The van der Waals surface area contributed by atoms with Gasteiger partial charge >= 0.3 is 5.97 Å². The summed E-state index contributed by atoms with van der Waals surface area (Å²) in [5, 5.41) is 10.4. The summed E-state index contributed by atoms with van der Waals surface area (Å²) in [6.45, 7) is 4.96. The maximum absolute atomic E-state index is 12.5. The first-order valence-electron chi connectivity index (χ1n) is 8.97. The van der Waals surface area contributed by atoms with Gasteiger partial charge in [-0.2, -0.15) is 5.10 Å². The van der Waals surface area contributed by atoms with Gasteiger partial charge in [0, 0.05) is 18.0 Å². The number of pyridine rings is 1. The zero-order chi connectivity index (χ0) is 21.7. The Morgan fingerprint density at radius 1 is 1.33 bits per heavy atom. The molecule has 3 aromatic rings. The van der Waals surface area contributed by atoms with Crippen LogP contribution in [0.4, 0.5) is 5.00 Å². The fourth-order valence-electron chi connectivity index (χ4n) is 2.62. The molecule has 0 saturated heterocycles. The Labute approximate surface area is 180 Å². The third-order valence-corrected chi connectivity index (χ3v) is 6.09. The quantitative estimate of drug-likeness (QED) is 0.307.